The van der Waals surface area contributed by atoms with E-state index < -0.39 is 18.2 Å². The second kappa shape index (κ2) is 5.48. The van der Waals surface area contributed by atoms with Gasteiger partial charge in [-0.3, -0.25) is 0 Å². The van der Waals surface area contributed by atoms with Crippen molar-refractivity contribution in [1.29, 1.82) is 0 Å². The van der Waals surface area contributed by atoms with Crippen molar-refractivity contribution >= 4 is 5.97 Å². The molecule has 0 saturated heterocycles. The molecule has 2 unspecified atom stereocenters. The number of hydrogen-bond acceptors (Lipinski definition) is 3. The molecule has 0 saturated carbocycles. The van der Waals surface area contributed by atoms with Gasteiger partial charge < -0.3 is 14.9 Å². The molecule has 0 aliphatic carbocycles. The first kappa shape index (κ1) is 11.7. The van der Waals surface area contributed by atoms with Crippen LogP contribution in [0.5, 0.6) is 0 Å². The molecule has 0 aromatic heterocycles. The number of ether oxygens (including phenoxy) is 1. The summed E-state index contributed by atoms with van der Waals surface area (Å²) in [7, 11) is 0. The number of carboxylic acids is 1. The van der Waals surface area contributed by atoms with Crippen LogP contribution in [-0.4, -0.2) is 28.9 Å². The second-order valence-corrected chi connectivity index (χ2v) is 3.20. The van der Waals surface area contributed by atoms with E-state index in [1.54, 1.807) is 12.1 Å². The van der Waals surface area contributed by atoms with Crippen molar-refractivity contribution in [1.82, 2.24) is 0 Å². The van der Waals surface area contributed by atoms with Gasteiger partial charge in [-0.15, -0.1) is 0 Å². The molecule has 4 heteroatoms. The number of rotatable bonds is 5. The molecule has 0 amide bonds. The predicted molar refractivity (Wildman–Crippen MR) is 54.5 cm³/mol. The highest BCUT2D eigenvalue weighted by Crippen LogP contribution is 2.18. The Balaban J connectivity index is 2.69. The average Bonchev–Trinajstić information content (AvgIpc) is 2.26. The first-order valence-corrected chi connectivity index (χ1v) is 4.69. The third kappa shape index (κ3) is 3.34. The summed E-state index contributed by atoms with van der Waals surface area (Å²) in [6.07, 6.45) is -1.51. The van der Waals surface area contributed by atoms with Crippen molar-refractivity contribution in [2.24, 2.45) is 0 Å². The minimum Gasteiger partial charge on any atom is -0.479 e. The lowest BCUT2D eigenvalue weighted by atomic mass is 10.1. The van der Waals surface area contributed by atoms with Crippen LogP contribution in [0.3, 0.4) is 0 Å². The van der Waals surface area contributed by atoms with E-state index in [1.807, 2.05) is 18.2 Å². The molecule has 2 atom stereocenters. The number of aliphatic carboxylic acids is 1. The van der Waals surface area contributed by atoms with E-state index in [-0.39, 0.29) is 6.61 Å². The number of carboxylic acid groups (broad SMARTS) is 1. The number of aliphatic hydroxyl groups excluding tert-OH is 1. The number of carbonyl (C=O) groups is 1. The molecule has 1 aromatic carbocycles. The zero-order chi connectivity index (χ0) is 11.3. The van der Waals surface area contributed by atoms with Crippen LogP contribution in [0.2, 0.25) is 0 Å². The van der Waals surface area contributed by atoms with Crippen molar-refractivity contribution < 1.29 is 19.7 Å². The largest absolute Gasteiger partial charge is 0.479 e. The van der Waals surface area contributed by atoms with E-state index in [0.717, 1.165) is 5.56 Å². The molecule has 0 aliphatic heterocycles. The van der Waals surface area contributed by atoms with Gasteiger partial charge in [0.05, 0.1) is 6.61 Å². The highest BCUT2D eigenvalue weighted by Gasteiger charge is 2.18. The van der Waals surface area contributed by atoms with Crippen LogP contribution in [0.25, 0.3) is 0 Å². The Morgan fingerprint density at radius 2 is 2.00 bits per heavy atom. The van der Waals surface area contributed by atoms with E-state index >= 15 is 0 Å². The van der Waals surface area contributed by atoms with Crippen LogP contribution < -0.4 is 0 Å². The van der Waals surface area contributed by atoms with Gasteiger partial charge in [0, 0.05) is 0 Å². The lowest BCUT2D eigenvalue weighted by molar-refractivity contribution is -0.154. The predicted octanol–water partition coefficient (Wildman–Crippen LogP) is 1.21. The highest BCUT2D eigenvalue weighted by molar-refractivity contribution is 5.71. The molecule has 4 nitrogen and oxygen atoms in total. The summed E-state index contributed by atoms with van der Waals surface area (Å²) in [4.78, 5) is 10.6. The highest BCUT2D eigenvalue weighted by atomic mass is 16.5. The fourth-order valence-corrected chi connectivity index (χ4v) is 1.20. The topological polar surface area (TPSA) is 66.8 Å². The lowest BCUT2D eigenvalue weighted by Gasteiger charge is -2.18. The van der Waals surface area contributed by atoms with Crippen molar-refractivity contribution in [3.63, 3.8) is 0 Å². The van der Waals surface area contributed by atoms with Gasteiger partial charge in [0.2, 0.25) is 0 Å². The first-order chi connectivity index (χ1) is 7.15. The van der Waals surface area contributed by atoms with E-state index in [4.69, 9.17) is 14.9 Å². The van der Waals surface area contributed by atoms with Gasteiger partial charge in [-0.2, -0.15) is 0 Å². The van der Waals surface area contributed by atoms with Gasteiger partial charge in [0.1, 0.15) is 6.10 Å². The zero-order valence-corrected chi connectivity index (χ0v) is 8.46. The first-order valence-electron chi connectivity index (χ1n) is 4.69. The van der Waals surface area contributed by atoms with E-state index in [9.17, 15) is 4.79 Å². The fraction of sp³-hybridized carbons (Fsp3) is 0.364. The maximum absolute atomic E-state index is 10.6. The third-order valence-electron chi connectivity index (χ3n) is 2.05. The maximum atomic E-state index is 10.6. The second-order valence-electron chi connectivity index (χ2n) is 3.20. The van der Waals surface area contributed by atoms with Crippen LogP contribution in [0.15, 0.2) is 30.3 Å². The Labute approximate surface area is 88.1 Å². The van der Waals surface area contributed by atoms with Crippen LogP contribution in [0.1, 0.15) is 18.6 Å². The Hall–Kier alpha value is -1.39. The molecule has 0 aliphatic rings. The fourth-order valence-electron chi connectivity index (χ4n) is 1.20. The van der Waals surface area contributed by atoms with E-state index in [0.29, 0.717) is 0 Å². The minimum absolute atomic E-state index is 0.234. The van der Waals surface area contributed by atoms with Gasteiger partial charge in [0.25, 0.3) is 0 Å². The quantitative estimate of drug-likeness (QED) is 0.766. The van der Waals surface area contributed by atoms with Crippen molar-refractivity contribution in [3.05, 3.63) is 35.9 Å². The Kier molecular flexibility index (Phi) is 4.27. The molecular weight excluding hydrogens is 196 g/mol. The van der Waals surface area contributed by atoms with E-state index in [2.05, 4.69) is 0 Å². The monoisotopic (exact) mass is 210 g/mol. The summed E-state index contributed by atoms with van der Waals surface area (Å²) >= 11 is 0. The lowest BCUT2D eigenvalue weighted by Crippen LogP contribution is -2.24. The summed E-state index contributed by atoms with van der Waals surface area (Å²) in [5.41, 5.74) is 0.771. The summed E-state index contributed by atoms with van der Waals surface area (Å²) < 4.78 is 5.20. The normalized spacial score (nSPS) is 14.5. The smallest absolute Gasteiger partial charge is 0.332 e. The van der Waals surface area contributed by atoms with Gasteiger partial charge in [0.15, 0.2) is 6.10 Å². The average molecular weight is 210 g/mol. The van der Waals surface area contributed by atoms with Crippen molar-refractivity contribution in [2.75, 3.05) is 6.61 Å². The van der Waals surface area contributed by atoms with Crippen LogP contribution >= 0.6 is 0 Å². The molecule has 82 valence electrons. The molecule has 0 spiro atoms. The van der Waals surface area contributed by atoms with E-state index in [1.165, 1.54) is 6.92 Å². The molecule has 0 bridgehead atoms. The molecule has 1 rings (SSSR count). The standard InChI is InChI=1S/C11H14O4/c1-8(11(13)14)15-10(7-12)9-5-3-2-4-6-9/h2-6,8,10,12H,7H2,1H3,(H,13,14). The summed E-state index contributed by atoms with van der Waals surface area (Å²) in [5.74, 6) is -1.04. The summed E-state index contributed by atoms with van der Waals surface area (Å²) in [5, 5.41) is 17.8. The minimum atomic E-state index is -1.04. The molecular formula is C11H14O4. The van der Waals surface area contributed by atoms with Gasteiger partial charge in [-0.1, -0.05) is 30.3 Å². The summed E-state index contributed by atoms with van der Waals surface area (Å²) in [6.45, 7) is 1.20. The van der Waals surface area contributed by atoms with Gasteiger partial charge in [-0.25, -0.2) is 4.79 Å². The molecule has 0 fully saturated rings. The number of hydrogen-bond donors (Lipinski definition) is 2. The summed E-state index contributed by atoms with van der Waals surface area (Å²) in [6, 6.07) is 9.04. The number of aliphatic hydroxyl groups is 1. The van der Waals surface area contributed by atoms with Crippen molar-refractivity contribution in [2.45, 2.75) is 19.1 Å². The van der Waals surface area contributed by atoms with Crippen LogP contribution in [0, 0.1) is 0 Å². The maximum Gasteiger partial charge on any atom is 0.332 e. The van der Waals surface area contributed by atoms with Gasteiger partial charge >= 0.3 is 5.97 Å². The molecule has 2 N–H and O–H groups in total. The Morgan fingerprint density at radius 1 is 1.40 bits per heavy atom. The number of benzene rings is 1. The Bertz CT molecular complexity index is 310. The SMILES string of the molecule is CC(OC(CO)c1ccccc1)C(=O)O. The van der Waals surface area contributed by atoms with Crippen LogP contribution in [-0.2, 0) is 9.53 Å². The zero-order valence-electron chi connectivity index (χ0n) is 8.46. The van der Waals surface area contributed by atoms with Crippen LogP contribution in [0.4, 0.5) is 0 Å². The molecule has 15 heavy (non-hydrogen) atoms. The van der Waals surface area contributed by atoms with Crippen molar-refractivity contribution in [3.8, 4) is 0 Å². The molecule has 0 radical (unpaired) electrons. The third-order valence-corrected chi connectivity index (χ3v) is 2.05. The Morgan fingerprint density at radius 3 is 2.47 bits per heavy atom. The van der Waals surface area contributed by atoms with Gasteiger partial charge in [-0.05, 0) is 12.5 Å². The molecule has 1 aromatic rings. The molecule has 0 heterocycles.